The molecule has 11 aromatic rings. The third kappa shape index (κ3) is 5.88. The van der Waals surface area contributed by atoms with Crippen LogP contribution in [-0.4, -0.2) is 0 Å². The number of thiophene rings is 1. The molecule has 0 atom stereocenters. The number of fused-ring (bicyclic) bond motifs is 6. The van der Waals surface area contributed by atoms with Gasteiger partial charge in [0.1, 0.15) is 11.2 Å². The average Bonchev–Trinajstić information content (AvgIpc) is 3.87. The first-order valence-corrected chi connectivity index (χ1v) is 20.1. The molecule has 0 spiro atoms. The lowest BCUT2D eigenvalue weighted by atomic mass is 9.97. The van der Waals surface area contributed by atoms with E-state index in [1.165, 1.54) is 53.6 Å². The van der Waals surface area contributed by atoms with E-state index in [-0.39, 0.29) is 0 Å². The van der Waals surface area contributed by atoms with Gasteiger partial charge in [0.2, 0.25) is 0 Å². The number of nitrogens with zero attached hydrogens (tertiary/aromatic N) is 1. The number of benzene rings is 9. The summed E-state index contributed by atoms with van der Waals surface area (Å²) < 4.78 is 8.80. The van der Waals surface area contributed by atoms with Gasteiger partial charge in [-0.25, -0.2) is 0 Å². The van der Waals surface area contributed by atoms with Crippen LogP contribution >= 0.6 is 11.3 Å². The number of rotatable bonds is 7. The Kier molecular flexibility index (Phi) is 8.04. The highest BCUT2D eigenvalue weighted by Crippen LogP contribution is 2.48. The van der Waals surface area contributed by atoms with Gasteiger partial charge in [-0.3, -0.25) is 0 Å². The lowest BCUT2D eigenvalue weighted by Crippen LogP contribution is -2.10. The minimum Gasteiger partial charge on any atom is -0.456 e. The van der Waals surface area contributed by atoms with Crippen LogP contribution in [-0.2, 0) is 0 Å². The van der Waals surface area contributed by atoms with E-state index in [0.717, 1.165) is 50.1 Å². The molecule has 9 aromatic carbocycles. The van der Waals surface area contributed by atoms with Crippen LogP contribution in [0.15, 0.2) is 217 Å². The molecule has 0 saturated carbocycles. The molecular formula is C54H35NOS. The standard InChI is InChI=1S/C54H35NOS/c1-3-12-36(13-4-1)40-16-11-17-41(34-40)37-22-27-43(28-23-37)55(44-29-24-38(25-30-44)42-26-31-47-46-18-7-9-20-50(46)56-51(47)35-42)49-33-32-45(39-14-5-2-6-15-39)53-48-19-8-10-21-52(48)57-54(49)53/h1-35H. The molecule has 0 aliphatic heterocycles. The largest absolute Gasteiger partial charge is 0.456 e. The predicted molar refractivity (Wildman–Crippen MR) is 243 cm³/mol. The van der Waals surface area contributed by atoms with Gasteiger partial charge in [0.25, 0.3) is 0 Å². The Morgan fingerprint density at radius 3 is 1.58 bits per heavy atom. The van der Waals surface area contributed by atoms with E-state index in [1.807, 2.05) is 23.5 Å². The van der Waals surface area contributed by atoms with Crippen LogP contribution in [0, 0.1) is 0 Å². The third-order valence-electron chi connectivity index (χ3n) is 11.1. The van der Waals surface area contributed by atoms with Crippen LogP contribution < -0.4 is 4.90 Å². The molecule has 2 heterocycles. The Balaban J connectivity index is 1.05. The molecule has 2 aromatic heterocycles. The van der Waals surface area contributed by atoms with E-state index in [0.29, 0.717) is 0 Å². The van der Waals surface area contributed by atoms with Crippen molar-refractivity contribution >= 4 is 70.5 Å². The van der Waals surface area contributed by atoms with E-state index in [4.69, 9.17) is 4.42 Å². The zero-order chi connectivity index (χ0) is 37.7. The Morgan fingerprint density at radius 2 is 0.877 bits per heavy atom. The first-order valence-electron chi connectivity index (χ1n) is 19.3. The molecular weight excluding hydrogens is 711 g/mol. The third-order valence-corrected chi connectivity index (χ3v) is 12.3. The van der Waals surface area contributed by atoms with Gasteiger partial charge in [-0.2, -0.15) is 0 Å². The highest BCUT2D eigenvalue weighted by Gasteiger charge is 2.21. The maximum atomic E-state index is 6.26. The van der Waals surface area contributed by atoms with Crippen LogP contribution in [0.3, 0.4) is 0 Å². The van der Waals surface area contributed by atoms with Gasteiger partial charge in [0, 0.05) is 37.6 Å². The summed E-state index contributed by atoms with van der Waals surface area (Å²) in [4.78, 5) is 2.42. The van der Waals surface area contributed by atoms with Crippen molar-refractivity contribution in [3.05, 3.63) is 212 Å². The lowest BCUT2D eigenvalue weighted by Gasteiger charge is -2.27. The number of furan rings is 1. The minimum absolute atomic E-state index is 0.902. The van der Waals surface area contributed by atoms with Gasteiger partial charge < -0.3 is 9.32 Å². The van der Waals surface area contributed by atoms with E-state index < -0.39 is 0 Å². The summed E-state index contributed by atoms with van der Waals surface area (Å²) in [5.41, 5.74) is 14.7. The number of para-hydroxylation sites is 1. The second kappa shape index (κ2) is 13.8. The highest BCUT2D eigenvalue weighted by atomic mass is 32.1. The number of hydrogen-bond acceptors (Lipinski definition) is 3. The summed E-state index contributed by atoms with van der Waals surface area (Å²) in [6.07, 6.45) is 0. The fourth-order valence-electron chi connectivity index (χ4n) is 8.30. The van der Waals surface area contributed by atoms with Crippen LogP contribution in [0.2, 0.25) is 0 Å². The lowest BCUT2D eigenvalue weighted by molar-refractivity contribution is 0.669. The molecule has 0 radical (unpaired) electrons. The Morgan fingerprint density at radius 1 is 0.351 bits per heavy atom. The number of anilines is 3. The van der Waals surface area contributed by atoms with Crippen LogP contribution in [0.5, 0.6) is 0 Å². The normalized spacial score (nSPS) is 11.5. The Labute approximate surface area is 335 Å². The fraction of sp³-hybridized carbons (Fsp3) is 0. The maximum Gasteiger partial charge on any atom is 0.136 e. The summed E-state index contributed by atoms with van der Waals surface area (Å²) in [7, 11) is 0. The number of hydrogen-bond donors (Lipinski definition) is 0. The molecule has 0 unspecified atom stereocenters. The molecule has 0 saturated heterocycles. The second-order valence-electron chi connectivity index (χ2n) is 14.5. The SMILES string of the molecule is c1ccc(-c2cccc(-c3ccc(N(c4ccc(-c5ccc6c(c5)oc5ccccc56)cc4)c4ccc(-c5ccccc5)c5c4sc4ccccc45)cc3)c2)cc1. The fourth-order valence-corrected chi connectivity index (χ4v) is 9.53. The molecule has 268 valence electrons. The highest BCUT2D eigenvalue weighted by molar-refractivity contribution is 7.26. The van der Waals surface area contributed by atoms with Crippen molar-refractivity contribution < 1.29 is 4.42 Å². The van der Waals surface area contributed by atoms with Crippen LogP contribution in [0.1, 0.15) is 0 Å². The molecule has 0 aliphatic rings. The van der Waals surface area contributed by atoms with Crippen molar-refractivity contribution in [1.29, 1.82) is 0 Å². The quantitative estimate of drug-likeness (QED) is 0.162. The Hall–Kier alpha value is -7.20. The summed E-state index contributed by atoms with van der Waals surface area (Å²) in [6.45, 7) is 0. The van der Waals surface area contributed by atoms with Gasteiger partial charge in [0.05, 0.1) is 10.4 Å². The Bertz CT molecular complexity index is 3210. The van der Waals surface area contributed by atoms with Gasteiger partial charge in [-0.05, 0) is 105 Å². The summed E-state index contributed by atoms with van der Waals surface area (Å²) in [6, 6.07) is 76.4. The van der Waals surface area contributed by atoms with Crippen molar-refractivity contribution in [3.63, 3.8) is 0 Å². The summed E-state index contributed by atoms with van der Waals surface area (Å²) in [5.74, 6) is 0. The molecule has 0 N–H and O–H groups in total. The zero-order valence-corrected chi connectivity index (χ0v) is 31.8. The molecule has 0 bridgehead atoms. The monoisotopic (exact) mass is 745 g/mol. The smallest absolute Gasteiger partial charge is 0.136 e. The van der Waals surface area contributed by atoms with Crippen molar-refractivity contribution in [2.75, 3.05) is 4.90 Å². The summed E-state index contributed by atoms with van der Waals surface area (Å²) in [5, 5.41) is 4.85. The van der Waals surface area contributed by atoms with E-state index in [9.17, 15) is 0 Å². The molecule has 57 heavy (non-hydrogen) atoms. The van der Waals surface area contributed by atoms with Gasteiger partial charge >= 0.3 is 0 Å². The average molecular weight is 746 g/mol. The topological polar surface area (TPSA) is 16.4 Å². The van der Waals surface area contributed by atoms with E-state index in [1.54, 1.807) is 0 Å². The first kappa shape index (κ1) is 33.2. The molecule has 2 nitrogen and oxygen atoms in total. The van der Waals surface area contributed by atoms with Crippen LogP contribution in [0.4, 0.5) is 17.1 Å². The molecule has 3 heteroatoms. The van der Waals surface area contributed by atoms with Crippen molar-refractivity contribution in [2.24, 2.45) is 0 Å². The van der Waals surface area contributed by atoms with Crippen molar-refractivity contribution in [2.45, 2.75) is 0 Å². The van der Waals surface area contributed by atoms with Crippen LogP contribution in [0.25, 0.3) is 86.6 Å². The molecule has 0 aliphatic carbocycles. The van der Waals surface area contributed by atoms with E-state index in [2.05, 4.69) is 205 Å². The molecule has 11 rings (SSSR count). The second-order valence-corrected chi connectivity index (χ2v) is 15.5. The minimum atomic E-state index is 0.902. The van der Waals surface area contributed by atoms with Gasteiger partial charge in [-0.15, -0.1) is 11.3 Å². The maximum absolute atomic E-state index is 6.26. The predicted octanol–water partition coefficient (Wildman–Crippen LogP) is 16.1. The molecule has 0 fully saturated rings. The van der Waals surface area contributed by atoms with Crippen molar-refractivity contribution in [1.82, 2.24) is 0 Å². The van der Waals surface area contributed by atoms with Gasteiger partial charge in [0.15, 0.2) is 0 Å². The summed E-state index contributed by atoms with van der Waals surface area (Å²) >= 11 is 1.86. The van der Waals surface area contributed by atoms with E-state index >= 15 is 0 Å². The van der Waals surface area contributed by atoms with Gasteiger partial charge in [-0.1, -0.05) is 152 Å². The zero-order valence-electron chi connectivity index (χ0n) is 31.0. The molecule has 0 amide bonds. The first-order chi connectivity index (χ1) is 28.2. The van der Waals surface area contributed by atoms with Crippen molar-refractivity contribution in [3.8, 4) is 44.5 Å².